The molecule has 4 rings (SSSR count). The van der Waals surface area contributed by atoms with E-state index in [1.165, 1.54) is 0 Å². The van der Waals surface area contributed by atoms with Crippen LogP contribution in [0.15, 0.2) is 30.3 Å². The van der Waals surface area contributed by atoms with Crippen LogP contribution in [0, 0.1) is 0 Å². The molecule has 160 valence electrons. The molecule has 0 radical (unpaired) electrons. The van der Waals surface area contributed by atoms with Gasteiger partial charge < -0.3 is 24.6 Å². The summed E-state index contributed by atoms with van der Waals surface area (Å²) in [5.41, 5.74) is 0.631. The number of amides is 2. The maximum absolute atomic E-state index is 13.5. The molecular weight excluding hydrogens is 394 g/mol. The summed E-state index contributed by atoms with van der Waals surface area (Å²) in [4.78, 5) is 29.8. The zero-order valence-electron chi connectivity index (χ0n) is 17.0. The third-order valence-electron chi connectivity index (χ3n) is 5.97. The summed E-state index contributed by atoms with van der Waals surface area (Å²) in [6, 6.07) is 9.28. The van der Waals surface area contributed by atoms with E-state index in [0.29, 0.717) is 19.7 Å². The maximum atomic E-state index is 13.5. The van der Waals surface area contributed by atoms with E-state index < -0.39 is 12.1 Å². The van der Waals surface area contributed by atoms with Gasteiger partial charge in [0.25, 0.3) is 5.91 Å². The van der Waals surface area contributed by atoms with Gasteiger partial charge in [-0.1, -0.05) is 30.3 Å². The number of benzene rings is 1. The summed E-state index contributed by atoms with van der Waals surface area (Å²) in [6.45, 7) is 7.22. The van der Waals surface area contributed by atoms with E-state index in [2.05, 4.69) is 5.32 Å². The topological polar surface area (TPSA) is 71.1 Å². The molecule has 3 atom stereocenters. The van der Waals surface area contributed by atoms with E-state index in [1.807, 2.05) is 49.1 Å². The number of hydrogen-bond acceptors (Lipinski definition) is 5. The smallest absolute Gasteiger partial charge is 0.254 e. The fourth-order valence-corrected chi connectivity index (χ4v) is 4.62. The van der Waals surface area contributed by atoms with Gasteiger partial charge in [-0.3, -0.25) is 9.59 Å². The number of carbonyl (C=O) groups is 2. The predicted molar refractivity (Wildman–Crippen MR) is 111 cm³/mol. The number of rotatable bonds is 3. The van der Waals surface area contributed by atoms with Crippen molar-refractivity contribution in [2.75, 3.05) is 39.4 Å². The summed E-state index contributed by atoms with van der Waals surface area (Å²) in [5.74, 6) is -0.132. The van der Waals surface area contributed by atoms with Crippen molar-refractivity contribution in [3.05, 3.63) is 35.9 Å². The highest BCUT2D eigenvalue weighted by Gasteiger charge is 2.47. The van der Waals surface area contributed by atoms with Gasteiger partial charge in [-0.2, -0.15) is 0 Å². The van der Waals surface area contributed by atoms with Gasteiger partial charge in [-0.05, 0) is 32.4 Å². The highest BCUT2D eigenvalue weighted by Crippen LogP contribution is 2.34. The SMILES string of the molecule is CC(C)N1C(=O)CO[C@H](C(=O)N2CCOC3(CCNC3)C2)[C@H]1c1ccccc1.Cl. The highest BCUT2D eigenvalue weighted by molar-refractivity contribution is 5.87. The zero-order valence-corrected chi connectivity index (χ0v) is 17.8. The van der Waals surface area contributed by atoms with Crippen LogP contribution in [0.1, 0.15) is 31.9 Å². The van der Waals surface area contributed by atoms with Crippen LogP contribution in [-0.2, 0) is 19.1 Å². The lowest BCUT2D eigenvalue weighted by molar-refractivity contribution is -0.178. The molecule has 2 amide bonds. The molecule has 3 saturated heterocycles. The van der Waals surface area contributed by atoms with Crippen molar-refractivity contribution in [2.45, 2.75) is 44.1 Å². The van der Waals surface area contributed by atoms with E-state index in [-0.39, 0.29) is 42.5 Å². The van der Waals surface area contributed by atoms with Crippen LogP contribution >= 0.6 is 12.4 Å². The Morgan fingerprint density at radius 1 is 1.28 bits per heavy atom. The Balaban J connectivity index is 0.00000240. The Labute approximate surface area is 178 Å². The van der Waals surface area contributed by atoms with Gasteiger partial charge in [-0.25, -0.2) is 0 Å². The van der Waals surface area contributed by atoms with Crippen molar-refractivity contribution in [3.63, 3.8) is 0 Å². The summed E-state index contributed by atoms with van der Waals surface area (Å²) in [5, 5.41) is 3.34. The van der Waals surface area contributed by atoms with E-state index >= 15 is 0 Å². The van der Waals surface area contributed by atoms with Crippen molar-refractivity contribution in [2.24, 2.45) is 0 Å². The van der Waals surface area contributed by atoms with Crippen LogP contribution in [0.5, 0.6) is 0 Å². The average molecular weight is 424 g/mol. The van der Waals surface area contributed by atoms with Gasteiger partial charge in [0, 0.05) is 19.1 Å². The van der Waals surface area contributed by atoms with Gasteiger partial charge >= 0.3 is 0 Å². The standard InChI is InChI=1S/C21H29N3O4.ClH/c1-15(2)24-17(25)12-27-19(18(24)16-6-4-3-5-7-16)20(26)23-10-11-28-21(14-23)8-9-22-13-21;/h3-7,15,18-19,22H,8-14H2,1-2H3;1H/t18-,19+,21?;/m1./s1. The second-order valence-electron chi connectivity index (χ2n) is 8.20. The average Bonchev–Trinajstić information content (AvgIpc) is 3.15. The largest absolute Gasteiger partial charge is 0.370 e. The minimum atomic E-state index is -0.702. The zero-order chi connectivity index (χ0) is 19.7. The van der Waals surface area contributed by atoms with Crippen LogP contribution in [0.4, 0.5) is 0 Å². The van der Waals surface area contributed by atoms with Crippen LogP contribution < -0.4 is 5.32 Å². The first-order chi connectivity index (χ1) is 13.5. The monoisotopic (exact) mass is 423 g/mol. The molecule has 3 aliphatic heterocycles. The maximum Gasteiger partial charge on any atom is 0.254 e. The second-order valence-corrected chi connectivity index (χ2v) is 8.20. The Hall–Kier alpha value is -1.67. The first-order valence-electron chi connectivity index (χ1n) is 10.1. The molecule has 3 fully saturated rings. The van der Waals surface area contributed by atoms with Gasteiger partial charge in [-0.15, -0.1) is 12.4 Å². The summed E-state index contributed by atoms with van der Waals surface area (Å²) < 4.78 is 11.9. The Kier molecular flexibility index (Phi) is 6.83. The molecule has 1 aromatic carbocycles. The molecule has 0 saturated carbocycles. The molecule has 1 N–H and O–H groups in total. The van der Waals surface area contributed by atoms with Crippen molar-refractivity contribution in [3.8, 4) is 0 Å². The molecule has 0 aromatic heterocycles. The Bertz CT molecular complexity index is 724. The molecule has 3 aliphatic rings. The Morgan fingerprint density at radius 3 is 2.69 bits per heavy atom. The molecule has 29 heavy (non-hydrogen) atoms. The molecule has 1 aromatic rings. The number of halogens is 1. The fraction of sp³-hybridized carbons (Fsp3) is 0.619. The van der Waals surface area contributed by atoms with Crippen LogP contribution in [0.25, 0.3) is 0 Å². The molecule has 0 aliphatic carbocycles. The van der Waals surface area contributed by atoms with E-state index in [0.717, 1.165) is 25.1 Å². The van der Waals surface area contributed by atoms with Gasteiger partial charge in [0.1, 0.15) is 6.61 Å². The minimum absolute atomic E-state index is 0. The first-order valence-corrected chi connectivity index (χ1v) is 10.1. The summed E-state index contributed by atoms with van der Waals surface area (Å²) in [6.07, 6.45) is 0.202. The van der Waals surface area contributed by atoms with Crippen LogP contribution in [-0.4, -0.2) is 78.8 Å². The van der Waals surface area contributed by atoms with E-state index in [1.54, 1.807) is 4.90 Å². The van der Waals surface area contributed by atoms with E-state index in [9.17, 15) is 9.59 Å². The fourth-order valence-electron chi connectivity index (χ4n) is 4.62. The molecular formula is C21H30ClN3O4. The van der Waals surface area contributed by atoms with Crippen molar-refractivity contribution in [1.82, 2.24) is 15.1 Å². The third-order valence-corrected chi connectivity index (χ3v) is 5.97. The first kappa shape index (κ1) is 22.0. The second kappa shape index (κ2) is 9.00. The predicted octanol–water partition coefficient (Wildman–Crippen LogP) is 1.38. The van der Waals surface area contributed by atoms with Gasteiger partial charge in [0.05, 0.1) is 24.8 Å². The normalized spacial score (nSPS) is 30.0. The Morgan fingerprint density at radius 2 is 2.03 bits per heavy atom. The van der Waals surface area contributed by atoms with Gasteiger partial charge in [0.2, 0.25) is 5.91 Å². The quantitative estimate of drug-likeness (QED) is 0.795. The number of nitrogens with one attached hydrogen (secondary N) is 1. The molecule has 8 heteroatoms. The number of hydrogen-bond donors (Lipinski definition) is 1. The minimum Gasteiger partial charge on any atom is -0.370 e. The summed E-state index contributed by atoms with van der Waals surface area (Å²) >= 11 is 0. The van der Waals surface area contributed by atoms with E-state index in [4.69, 9.17) is 9.47 Å². The molecule has 7 nitrogen and oxygen atoms in total. The molecule has 1 spiro atoms. The third kappa shape index (κ3) is 4.28. The van der Waals surface area contributed by atoms with Crippen molar-refractivity contribution < 1.29 is 19.1 Å². The number of carbonyl (C=O) groups excluding carboxylic acids is 2. The van der Waals surface area contributed by atoms with Crippen LogP contribution in [0.3, 0.4) is 0 Å². The number of morpholine rings is 2. The van der Waals surface area contributed by atoms with Gasteiger partial charge in [0.15, 0.2) is 6.10 Å². The summed E-state index contributed by atoms with van der Waals surface area (Å²) in [7, 11) is 0. The lowest BCUT2D eigenvalue weighted by atomic mass is 9.94. The van der Waals surface area contributed by atoms with Crippen molar-refractivity contribution >= 4 is 24.2 Å². The lowest BCUT2D eigenvalue weighted by Gasteiger charge is -2.46. The number of nitrogens with zero attached hydrogens (tertiary/aromatic N) is 2. The van der Waals surface area contributed by atoms with Crippen LogP contribution in [0.2, 0.25) is 0 Å². The lowest BCUT2D eigenvalue weighted by Crippen LogP contribution is -2.61. The molecule has 1 unspecified atom stereocenters. The molecule has 0 bridgehead atoms. The number of ether oxygens (including phenoxy) is 2. The van der Waals surface area contributed by atoms with Crippen molar-refractivity contribution in [1.29, 1.82) is 0 Å². The molecule has 3 heterocycles. The highest BCUT2D eigenvalue weighted by atomic mass is 35.5.